The molecule has 0 saturated carbocycles. The van der Waals surface area contributed by atoms with E-state index in [0.29, 0.717) is 0 Å². The van der Waals surface area contributed by atoms with E-state index in [2.05, 4.69) is 0 Å². The van der Waals surface area contributed by atoms with Gasteiger partial charge in [0, 0.05) is 11.9 Å². The topological polar surface area (TPSA) is 40.5 Å². The van der Waals surface area contributed by atoms with Gasteiger partial charge in [0.2, 0.25) is 0 Å². The molecule has 0 bridgehead atoms. The van der Waals surface area contributed by atoms with Crippen molar-refractivity contribution in [2.24, 2.45) is 5.92 Å². The highest BCUT2D eigenvalue weighted by atomic mass is 32.2. The minimum atomic E-state index is 0.153. The Labute approximate surface area is 60.5 Å². The molecule has 2 N–H and O–H groups in total. The van der Waals surface area contributed by atoms with Crippen molar-refractivity contribution >= 4 is 12.0 Å². The normalized spacial score (nSPS) is 17.3. The molecule has 0 rings (SSSR count). The van der Waals surface area contributed by atoms with Gasteiger partial charge in [0.15, 0.2) is 0 Å². The lowest BCUT2D eigenvalue weighted by atomic mass is 10.1. The molecule has 56 valence electrons. The smallest absolute Gasteiger partial charge is 0.0470 e. The standard InChI is InChI=1S/C6H14O2S/c1-3-6(4-7)5(2)9-8/h5-8H,3-4H2,1-2H3. The molecule has 0 radical (unpaired) electrons. The summed E-state index contributed by atoms with van der Waals surface area (Å²) >= 11 is 0.822. The molecule has 3 heteroatoms. The maximum Gasteiger partial charge on any atom is 0.0470 e. The second kappa shape index (κ2) is 5.09. The Morgan fingerprint density at radius 2 is 2.11 bits per heavy atom. The van der Waals surface area contributed by atoms with Crippen LogP contribution < -0.4 is 0 Å². The summed E-state index contributed by atoms with van der Waals surface area (Å²) in [5.74, 6) is 0.236. The van der Waals surface area contributed by atoms with Gasteiger partial charge in [0.25, 0.3) is 0 Å². The summed E-state index contributed by atoms with van der Waals surface area (Å²) in [5, 5.41) is 8.86. The highest BCUT2D eigenvalue weighted by Gasteiger charge is 2.13. The molecule has 9 heavy (non-hydrogen) atoms. The molecule has 0 fully saturated rings. The van der Waals surface area contributed by atoms with Crippen molar-refractivity contribution in [3.8, 4) is 0 Å². The predicted molar refractivity (Wildman–Crippen MR) is 40.5 cm³/mol. The highest BCUT2D eigenvalue weighted by Crippen LogP contribution is 2.18. The van der Waals surface area contributed by atoms with Crippen LogP contribution >= 0.6 is 12.0 Å². The quantitative estimate of drug-likeness (QED) is 0.598. The second-order valence-electron chi connectivity index (χ2n) is 2.16. The first kappa shape index (κ1) is 9.27. The number of aliphatic hydroxyl groups excluding tert-OH is 1. The van der Waals surface area contributed by atoms with Gasteiger partial charge in [-0.3, -0.25) is 0 Å². The van der Waals surface area contributed by atoms with E-state index in [4.69, 9.17) is 9.66 Å². The summed E-state index contributed by atoms with van der Waals surface area (Å²) in [7, 11) is 0. The van der Waals surface area contributed by atoms with Crippen LogP contribution in [0.2, 0.25) is 0 Å². The van der Waals surface area contributed by atoms with Gasteiger partial charge in [-0.15, -0.1) is 0 Å². The van der Waals surface area contributed by atoms with Gasteiger partial charge >= 0.3 is 0 Å². The molecule has 2 atom stereocenters. The van der Waals surface area contributed by atoms with E-state index in [0.717, 1.165) is 18.5 Å². The lowest BCUT2D eigenvalue weighted by Crippen LogP contribution is -2.16. The zero-order valence-corrected chi connectivity index (χ0v) is 6.69. The summed E-state index contributed by atoms with van der Waals surface area (Å²) in [4.78, 5) is 0. The van der Waals surface area contributed by atoms with E-state index in [1.165, 1.54) is 0 Å². The summed E-state index contributed by atoms with van der Waals surface area (Å²) < 4.78 is 8.57. The van der Waals surface area contributed by atoms with Crippen LogP contribution in [0.25, 0.3) is 0 Å². The van der Waals surface area contributed by atoms with Crippen molar-refractivity contribution < 1.29 is 9.66 Å². The molecule has 0 saturated heterocycles. The second-order valence-corrected chi connectivity index (χ2v) is 3.12. The summed E-state index contributed by atoms with van der Waals surface area (Å²) in [6, 6.07) is 0. The van der Waals surface area contributed by atoms with Crippen molar-refractivity contribution in [1.82, 2.24) is 0 Å². The van der Waals surface area contributed by atoms with Gasteiger partial charge in [-0.1, -0.05) is 13.8 Å². The summed E-state index contributed by atoms with van der Waals surface area (Å²) in [5.41, 5.74) is 0. The van der Waals surface area contributed by atoms with Crippen LogP contribution in [-0.4, -0.2) is 21.5 Å². The molecule has 0 spiro atoms. The summed E-state index contributed by atoms with van der Waals surface area (Å²) in [6.07, 6.45) is 0.922. The van der Waals surface area contributed by atoms with Crippen molar-refractivity contribution in [3.05, 3.63) is 0 Å². The third-order valence-corrected chi connectivity index (χ3v) is 2.31. The lowest BCUT2D eigenvalue weighted by Gasteiger charge is -2.15. The van der Waals surface area contributed by atoms with Crippen LogP contribution in [0.3, 0.4) is 0 Å². The van der Waals surface area contributed by atoms with Gasteiger partial charge in [-0.05, 0) is 24.4 Å². The van der Waals surface area contributed by atoms with Gasteiger partial charge in [-0.25, -0.2) is 0 Å². The predicted octanol–water partition coefficient (Wildman–Crippen LogP) is 1.60. The molecule has 0 aromatic carbocycles. The molecular formula is C6H14O2S. The highest BCUT2D eigenvalue weighted by molar-refractivity contribution is 7.94. The van der Waals surface area contributed by atoms with Crippen LogP contribution in [-0.2, 0) is 0 Å². The zero-order valence-electron chi connectivity index (χ0n) is 5.87. The van der Waals surface area contributed by atoms with Crippen molar-refractivity contribution in [2.45, 2.75) is 25.5 Å². The van der Waals surface area contributed by atoms with Crippen LogP contribution in [0, 0.1) is 5.92 Å². The molecule has 2 nitrogen and oxygen atoms in total. The van der Waals surface area contributed by atoms with E-state index in [-0.39, 0.29) is 17.8 Å². The molecule has 0 aromatic rings. The first-order valence-electron chi connectivity index (χ1n) is 3.17. The van der Waals surface area contributed by atoms with Gasteiger partial charge < -0.3 is 9.66 Å². The fraction of sp³-hybridized carbons (Fsp3) is 1.00. The van der Waals surface area contributed by atoms with Crippen molar-refractivity contribution in [2.75, 3.05) is 6.61 Å². The van der Waals surface area contributed by atoms with E-state index >= 15 is 0 Å². The minimum Gasteiger partial charge on any atom is -0.396 e. The average molecular weight is 150 g/mol. The lowest BCUT2D eigenvalue weighted by molar-refractivity contribution is 0.221. The van der Waals surface area contributed by atoms with Gasteiger partial charge in [-0.2, -0.15) is 0 Å². The fourth-order valence-electron chi connectivity index (χ4n) is 0.696. The Bertz CT molecular complexity index is 64.1. The molecular weight excluding hydrogens is 136 g/mol. The van der Waals surface area contributed by atoms with Crippen LogP contribution in [0.5, 0.6) is 0 Å². The zero-order chi connectivity index (χ0) is 7.28. The third kappa shape index (κ3) is 3.08. The number of aliphatic hydroxyl groups is 1. The van der Waals surface area contributed by atoms with Crippen molar-refractivity contribution in [1.29, 1.82) is 0 Å². The van der Waals surface area contributed by atoms with Gasteiger partial charge in [0.1, 0.15) is 0 Å². The molecule has 0 aliphatic rings. The van der Waals surface area contributed by atoms with Crippen molar-refractivity contribution in [3.63, 3.8) is 0 Å². The Hall–Kier alpha value is 0.270. The number of hydrogen-bond acceptors (Lipinski definition) is 3. The molecule has 2 unspecified atom stereocenters. The Balaban J connectivity index is 3.50. The van der Waals surface area contributed by atoms with E-state index < -0.39 is 0 Å². The van der Waals surface area contributed by atoms with E-state index in [9.17, 15) is 0 Å². The third-order valence-electron chi connectivity index (χ3n) is 1.59. The molecule has 0 aromatic heterocycles. The molecule has 0 amide bonds. The Morgan fingerprint density at radius 3 is 2.22 bits per heavy atom. The maximum atomic E-state index is 8.70. The molecule has 0 heterocycles. The monoisotopic (exact) mass is 150 g/mol. The SMILES string of the molecule is CCC(CO)C(C)SO. The van der Waals surface area contributed by atoms with Crippen LogP contribution in [0.15, 0.2) is 0 Å². The minimum absolute atomic E-state index is 0.153. The Morgan fingerprint density at radius 1 is 1.56 bits per heavy atom. The van der Waals surface area contributed by atoms with E-state index in [1.807, 2.05) is 13.8 Å². The van der Waals surface area contributed by atoms with Crippen LogP contribution in [0.4, 0.5) is 0 Å². The first-order valence-corrected chi connectivity index (χ1v) is 4.01. The maximum absolute atomic E-state index is 8.70. The molecule has 0 aliphatic heterocycles. The molecule has 0 aliphatic carbocycles. The van der Waals surface area contributed by atoms with Gasteiger partial charge in [0.05, 0.1) is 0 Å². The fourth-order valence-corrected chi connectivity index (χ4v) is 1.15. The average Bonchev–Trinajstić information content (AvgIpc) is 1.90. The van der Waals surface area contributed by atoms with E-state index in [1.54, 1.807) is 0 Å². The number of hydrogen-bond donors (Lipinski definition) is 2. The largest absolute Gasteiger partial charge is 0.396 e. The summed E-state index contributed by atoms with van der Waals surface area (Å²) in [6.45, 7) is 4.09. The number of rotatable bonds is 4. The van der Waals surface area contributed by atoms with Crippen LogP contribution in [0.1, 0.15) is 20.3 Å². The Kier molecular flexibility index (Phi) is 5.24. The first-order chi connectivity index (χ1) is 4.26.